The van der Waals surface area contributed by atoms with Gasteiger partial charge in [0.1, 0.15) is 18.5 Å². The fourth-order valence-electron chi connectivity index (χ4n) is 2.59. The maximum absolute atomic E-state index is 10.4. The second kappa shape index (κ2) is 4.82. The molecule has 1 unspecified atom stereocenters. The summed E-state index contributed by atoms with van der Waals surface area (Å²) < 4.78 is 16.3. The van der Waals surface area contributed by atoms with Crippen LogP contribution in [-0.4, -0.2) is 11.9 Å². The summed E-state index contributed by atoms with van der Waals surface area (Å²) in [5.41, 5.74) is 2.93. The van der Waals surface area contributed by atoms with Crippen LogP contribution in [0.2, 0.25) is 0 Å². The first-order valence-electron chi connectivity index (χ1n) is 6.82. The summed E-state index contributed by atoms with van der Waals surface area (Å²) in [6.07, 6.45) is 0.976. The van der Waals surface area contributed by atoms with Gasteiger partial charge < -0.3 is 19.3 Å². The second-order valence-corrected chi connectivity index (χ2v) is 5.03. The molecule has 4 heteroatoms. The Morgan fingerprint density at radius 1 is 1.00 bits per heavy atom. The molecule has 0 aromatic heterocycles. The molecule has 2 aliphatic rings. The summed E-state index contributed by atoms with van der Waals surface area (Å²) >= 11 is 0. The van der Waals surface area contributed by atoms with Gasteiger partial charge in [0.15, 0.2) is 11.5 Å². The Hall–Kier alpha value is -2.46. The van der Waals surface area contributed by atoms with E-state index in [0.717, 1.165) is 22.4 Å². The van der Waals surface area contributed by atoms with Gasteiger partial charge in [0.05, 0.1) is 0 Å². The highest BCUT2D eigenvalue weighted by atomic mass is 16.7. The van der Waals surface area contributed by atoms with Crippen LogP contribution in [0.15, 0.2) is 48.5 Å². The highest BCUT2D eigenvalue weighted by Crippen LogP contribution is 2.36. The average molecular weight is 282 g/mol. The molecule has 0 aliphatic carbocycles. The lowest BCUT2D eigenvalue weighted by molar-refractivity contribution is 0.173. The minimum atomic E-state index is -0.749. The molecule has 0 saturated heterocycles. The van der Waals surface area contributed by atoms with Crippen LogP contribution < -0.4 is 9.47 Å². The van der Waals surface area contributed by atoms with Crippen molar-refractivity contribution in [3.8, 4) is 11.5 Å². The number of fused-ring (bicyclic) bond motifs is 2. The van der Waals surface area contributed by atoms with Gasteiger partial charge in [-0.15, -0.1) is 0 Å². The van der Waals surface area contributed by atoms with Crippen molar-refractivity contribution in [1.82, 2.24) is 0 Å². The van der Waals surface area contributed by atoms with E-state index in [0.29, 0.717) is 18.1 Å². The highest BCUT2D eigenvalue weighted by molar-refractivity contribution is 5.66. The smallest absolute Gasteiger partial charge is 0.231 e. The number of rotatable bonds is 2. The third-order valence-electron chi connectivity index (χ3n) is 3.71. The van der Waals surface area contributed by atoms with Crippen molar-refractivity contribution < 1.29 is 19.3 Å². The molecule has 1 N–H and O–H groups in total. The molecule has 2 aliphatic heterocycles. The van der Waals surface area contributed by atoms with E-state index in [9.17, 15) is 5.11 Å². The molecule has 4 rings (SSSR count). The van der Waals surface area contributed by atoms with Gasteiger partial charge in [-0.2, -0.15) is 0 Å². The Morgan fingerprint density at radius 3 is 2.81 bits per heavy atom. The minimum Gasteiger partial charge on any atom is -0.488 e. The summed E-state index contributed by atoms with van der Waals surface area (Å²) in [5.74, 6) is 2.09. The number of aliphatic hydroxyl groups excluding tert-OH is 1. The van der Waals surface area contributed by atoms with Gasteiger partial charge in [-0.3, -0.25) is 0 Å². The fraction of sp³-hybridized carbons (Fsp3) is 0.176. The number of hydrogen-bond acceptors (Lipinski definition) is 4. The summed E-state index contributed by atoms with van der Waals surface area (Å²) in [5, 5.41) is 10.4. The van der Waals surface area contributed by atoms with E-state index in [2.05, 4.69) is 0 Å². The molecular formula is C17H14O4. The van der Waals surface area contributed by atoms with Crippen LogP contribution in [0, 0.1) is 0 Å². The van der Waals surface area contributed by atoms with Gasteiger partial charge in [0, 0.05) is 11.1 Å². The van der Waals surface area contributed by atoms with Crippen LogP contribution in [0.5, 0.6) is 11.5 Å². The first kappa shape index (κ1) is 12.3. The van der Waals surface area contributed by atoms with Crippen LogP contribution in [-0.2, 0) is 11.3 Å². The third-order valence-corrected chi connectivity index (χ3v) is 3.71. The molecule has 106 valence electrons. The molecule has 2 heterocycles. The quantitative estimate of drug-likeness (QED) is 0.919. The molecule has 2 aromatic carbocycles. The molecule has 0 spiro atoms. The SMILES string of the molecule is OC(/C=C1/OCc2ccccc21)c1ccc2c(c1)OCO2. The monoisotopic (exact) mass is 282 g/mol. The fourth-order valence-corrected chi connectivity index (χ4v) is 2.59. The van der Waals surface area contributed by atoms with Crippen molar-refractivity contribution in [2.45, 2.75) is 12.7 Å². The molecule has 0 bridgehead atoms. The second-order valence-electron chi connectivity index (χ2n) is 5.03. The summed E-state index contributed by atoms with van der Waals surface area (Å²) in [4.78, 5) is 0. The Kier molecular flexibility index (Phi) is 2.82. The van der Waals surface area contributed by atoms with E-state index in [4.69, 9.17) is 14.2 Å². The molecule has 0 fully saturated rings. The van der Waals surface area contributed by atoms with Crippen molar-refractivity contribution in [2.24, 2.45) is 0 Å². The number of hydrogen-bond donors (Lipinski definition) is 1. The lowest BCUT2D eigenvalue weighted by Crippen LogP contribution is -1.95. The predicted octanol–water partition coefficient (Wildman–Crippen LogP) is 3.02. The zero-order valence-corrected chi connectivity index (χ0v) is 11.3. The van der Waals surface area contributed by atoms with Crippen molar-refractivity contribution in [2.75, 3.05) is 6.79 Å². The van der Waals surface area contributed by atoms with Crippen LogP contribution in [0.1, 0.15) is 22.8 Å². The molecular weight excluding hydrogens is 268 g/mol. The van der Waals surface area contributed by atoms with Crippen molar-refractivity contribution in [3.05, 3.63) is 65.2 Å². The van der Waals surface area contributed by atoms with E-state index < -0.39 is 6.10 Å². The van der Waals surface area contributed by atoms with Gasteiger partial charge in [-0.1, -0.05) is 30.3 Å². The Morgan fingerprint density at radius 2 is 1.86 bits per heavy atom. The third kappa shape index (κ3) is 2.14. The standard InChI is InChI=1S/C17H14O4/c18-14(11-5-6-15-17(7-11)21-10-20-15)8-16-13-4-2-1-3-12(13)9-19-16/h1-8,14,18H,9-10H2/b16-8+. The van der Waals surface area contributed by atoms with Crippen molar-refractivity contribution in [1.29, 1.82) is 0 Å². The van der Waals surface area contributed by atoms with Crippen molar-refractivity contribution in [3.63, 3.8) is 0 Å². The van der Waals surface area contributed by atoms with Gasteiger partial charge in [-0.25, -0.2) is 0 Å². The first-order chi connectivity index (χ1) is 10.3. The molecule has 0 saturated carbocycles. The topological polar surface area (TPSA) is 47.9 Å². The highest BCUT2D eigenvalue weighted by Gasteiger charge is 2.20. The predicted molar refractivity (Wildman–Crippen MR) is 76.7 cm³/mol. The summed E-state index contributed by atoms with van der Waals surface area (Å²) in [7, 11) is 0. The molecule has 0 radical (unpaired) electrons. The summed E-state index contributed by atoms with van der Waals surface area (Å²) in [6, 6.07) is 13.4. The van der Waals surface area contributed by atoms with E-state index in [1.807, 2.05) is 36.4 Å². The summed E-state index contributed by atoms with van der Waals surface area (Å²) in [6.45, 7) is 0.780. The van der Waals surface area contributed by atoms with Crippen LogP contribution in [0.3, 0.4) is 0 Å². The van der Waals surface area contributed by atoms with Crippen LogP contribution in [0.4, 0.5) is 0 Å². The van der Waals surface area contributed by atoms with Gasteiger partial charge >= 0.3 is 0 Å². The van der Waals surface area contributed by atoms with Crippen LogP contribution in [0.25, 0.3) is 5.76 Å². The van der Waals surface area contributed by atoms with Crippen LogP contribution >= 0.6 is 0 Å². The zero-order valence-electron chi connectivity index (χ0n) is 11.3. The zero-order chi connectivity index (χ0) is 14.2. The molecule has 2 aromatic rings. The maximum Gasteiger partial charge on any atom is 0.231 e. The number of aliphatic hydroxyl groups is 1. The molecule has 21 heavy (non-hydrogen) atoms. The van der Waals surface area contributed by atoms with E-state index >= 15 is 0 Å². The Balaban J connectivity index is 1.64. The van der Waals surface area contributed by atoms with E-state index in [1.54, 1.807) is 12.1 Å². The minimum absolute atomic E-state index is 0.229. The molecule has 0 amide bonds. The van der Waals surface area contributed by atoms with Gasteiger partial charge in [-0.05, 0) is 23.8 Å². The van der Waals surface area contributed by atoms with Gasteiger partial charge in [0.25, 0.3) is 0 Å². The lowest BCUT2D eigenvalue weighted by Gasteiger charge is -2.09. The largest absolute Gasteiger partial charge is 0.488 e. The Bertz CT molecular complexity index is 720. The lowest BCUT2D eigenvalue weighted by atomic mass is 10.0. The van der Waals surface area contributed by atoms with E-state index in [-0.39, 0.29) is 6.79 Å². The first-order valence-corrected chi connectivity index (χ1v) is 6.82. The maximum atomic E-state index is 10.4. The normalized spacial score (nSPS) is 18.4. The number of benzene rings is 2. The Labute approximate surface area is 122 Å². The molecule has 1 atom stereocenters. The molecule has 4 nitrogen and oxygen atoms in total. The van der Waals surface area contributed by atoms with Crippen molar-refractivity contribution >= 4 is 5.76 Å². The van der Waals surface area contributed by atoms with E-state index in [1.165, 1.54) is 0 Å². The van der Waals surface area contributed by atoms with Gasteiger partial charge in [0.2, 0.25) is 6.79 Å². The average Bonchev–Trinajstić information content (AvgIpc) is 3.13. The number of ether oxygens (including phenoxy) is 3.